The van der Waals surface area contributed by atoms with E-state index in [2.05, 4.69) is 20.5 Å². The summed E-state index contributed by atoms with van der Waals surface area (Å²) in [5.41, 5.74) is 0.732. The molecule has 1 aliphatic rings. The van der Waals surface area contributed by atoms with Crippen LogP contribution in [0.4, 0.5) is 5.69 Å². The van der Waals surface area contributed by atoms with Gasteiger partial charge in [-0.15, -0.1) is 0 Å². The predicted octanol–water partition coefficient (Wildman–Crippen LogP) is 2.69. The van der Waals surface area contributed by atoms with Crippen LogP contribution < -0.4 is 10.6 Å². The van der Waals surface area contributed by atoms with Crippen molar-refractivity contribution in [3.63, 3.8) is 0 Å². The zero-order valence-electron chi connectivity index (χ0n) is 16.9. The first-order valence-corrected chi connectivity index (χ1v) is 10.3. The summed E-state index contributed by atoms with van der Waals surface area (Å²) in [6, 6.07) is 10.4. The van der Waals surface area contributed by atoms with Crippen molar-refractivity contribution < 1.29 is 14.0 Å². The molecular weight excluding hydrogens is 406 g/mol. The van der Waals surface area contributed by atoms with Crippen LogP contribution >= 0.6 is 11.6 Å². The summed E-state index contributed by atoms with van der Waals surface area (Å²) in [6.45, 7) is 3.20. The summed E-state index contributed by atoms with van der Waals surface area (Å²) < 4.78 is 5.19. The van der Waals surface area contributed by atoms with E-state index in [0.29, 0.717) is 56.3 Å². The van der Waals surface area contributed by atoms with Crippen molar-refractivity contribution in [1.82, 2.24) is 15.1 Å². The summed E-state index contributed by atoms with van der Waals surface area (Å²) >= 11 is 5.85. The fraction of sp³-hybridized carbons (Fsp3) is 0.381. The van der Waals surface area contributed by atoms with Gasteiger partial charge in [0.05, 0.1) is 6.26 Å². The molecule has 1 saturated heterocycles. The highest BCUT2D eigenvalue weighted by Gasteiger charge is 2.25. The molecule has 2 aromatic rings. The zero-order valence-corrected chi connectivity index (χ0v) is 17.7. The van der Waals surface area contributed by atoms with Gasteiger partial charge in [0.15, 0.2) is 11.7 Å². The van der Waals surface area contributed by atoms with Gasteiger partial charge in [0.25, 0.3) is 5.91 Å². The van der Waals surface area contributed by atoms with Gasteiger partial charge in [-0.2, -0.15) is 0 Å². The highest BCUT2D eigenvalue weighted by atomic mass is 35.5. The van der Waals surface area contributed by atoms with Gasteiger partial charge in [-0.3, -0.25) is 14.6 Å². The summed E-state index contributed by atoms with van der Waals surface area (Å²) in [5.74, 6) is 1.01. The molecule has 2 heterocycles. The average Bonchev–Trinajstić information content (AvgIpc) is 3.30. The van der Waals surface area contributed by atoms with Crippen molar-refractivity contribution in [3.05, 3.63) is 53.4 Å². The molecule has 1 aliphatic heterocycles. The molecule has 0 unspecified atom stereocenters. The highest BCUT2D eigenvalue weighted by Crippen LogP contribution is 2.14. The molecule has 1 aromatic carbocycles. The third kappa shape index (κ3) is 6.00. The van der Waals surface area contributed by atoms with E-state index in [4.69, 9.17) is 16.0 Å². The Labute approximate surface area is 180 Å². The minimum Gasteiger partial charge on any atom is -0.459 e. The number of aliphatic imine (C=N–C) groups is 1. The second-order valence-electron chi connectivity index (χ2n) is 6.89. The fourth-order valence-electron chi connectivity index (χ4n) is 3.22. The number of guanidine groups is 1. The lowest BCUT2D eigenvalue weighted by atomic mass is 10.2. The molecule has 2 amide bonds. The lowest BCUT2D eigenvalue weighted by Gasteiger charge is -2.36. The Kier molecular flexibility index (Phi) is 7.73. The number of carbonyl (C=O) groups is 2. The number of benzene rings is 1. The Morgan fingerprint density at radius 2 is 1.80 bits per heavy atom. The number of rotatable bonds is 6. The lowest BCUT2D eigenvalue weighted by Crippen LogP contribution is -2.53. The third-order valence-corrected chi connectivity index (χ3v) is 5.05. The second-order valence-corrected chi connectivity index (χ2v) is 7.33. The first-order chi connectivity index (χ1) is 14.6. The molecule has 0 aliphatic carbocycles. The van der Waals surface area contributed by atoms with Gasteiger partial charge in [-0.1, -0.05) is 11.6 Å². The Bertz CT molecular complexity index is 859. The standard InChI is InChI=1S/C21H26ClN5O3/c1-23-21(24-10-2-5-19(28)25-17-8-6-16(22)7-9-17)27-13-11-26(12-14-27)20(29)18-4-3-15-30-18/h3-4,6-9,15H,2,5,10-14H2,1H3,(H,23,24)(H,25,28). The normalized spacial score (nSPS) is 14.5. The second kappa shape index (κ2) is 10.7. The van der Waals surface area contributed by atoms with Crippen LogP contribution in [0.5, 0.6) is 0 Å². The first-order valence-electron chi connectivity index (χ1n) is 9.90. The Balaban J connectivity index is 1.36. The molecule has 0 spiro atoms. The number of halogens is 1. The maximum Gasteiger partial charge on any atom is 0.289 e. The van der Waals surface area contributed by atoms with Crippen molar-refractivity contribution in [2.45, 2.75) is 12.8 Å². The van der Waals surface area contributed by atoms with Gasteiger partial charge in [-0.25, -0.2) is 0 Å². The Morgan fingerprint density at radius 1 is 1.10 bits per heavy atom. The van der Waals surface area contributed by atoms with Crippen molar-refractivity contribution in [2.75, 3.05) is 45.1 Å². The Morgan fingerprint density at radius 3 is 2.43 bits per heavy atom. The van der Waals surface area contributed by atoms with Crippen LogP contribution in [0.25, 0.3) is 0 Å². The number of piperazine rings is 1. The maximum absolute atomic E-state index is 12.4. The van der Waals surface area contributed by atoms with Gasteiger partial charge in [0, 0.05) is 56.9 Å². The number of anilines is 1. The summed E-state index contributed by atoms with van der Waals surface area (Å²) in [4.78, 5) is 32.6. The van der Waals surface area contributed by atoms with E-state index in [-0.39, 0.29) is 11.8 Å². The lowest BCUT2D eigenvalue weighted by molar-refractivity contribution is -0.116. The minimum absolute atomic E-state index is 0.0424. The van der Waals surface area contributed by atoms with Crippen LogP contribution in [0.15, 0.2) is 52.1 Å². The molecule has 3 rings (SSSR count). The summed E-state index contributed by atoms with van der Waals surface area (Å²) in [7, 11) is 1.73. The van der Waals surface area contributed by atoms with Crippen molar-refractivity contribution in [1.29, 1.82) is 0 Å². The SMILES string of the molecule is CN=C(NCCCC(=O)Nc1ccc(Cl)cc1)N1CCN(C(=O)c2ccco2)CC1. The monoisotopic (exact) mass is 431 g/mol. The minimum atomic E-state index is -0.0886. The van der Waals surface area contributed by atoms with Gasteiger partial charge in [0.1, 0.15) is 0 Å². The van der Waals surface area contributed by atoms with Crippen LogP contribution in [-0.4, -0.2) is 67.3 Å². The van der Waals surface area contributed by atoms with E-state index in [1.807, 2.05) is 0 Å². The van der Waals surface area contributed by atoms with E-state index < -0.39 is 0 Å². The number of carbonyl (C=O) groups excluding carboxylic acids is 2. The summed E-state index contributed by atoms with van der Waals surface area (Å²) in [5, 5.41) is 6.78. The molecule has 160 valence electrons. The molecule has 2 N–H and O–H groups in total. The first kappa shape index (κ1) is 21.7. The average molecular weight is 432 g/mol. The quantitative estimate of drug-likeness (QED) is 0.417. The number of nitrogens with zero attached hydrogens (tertiary/aromatic N) is 3. The maximum atomic E-state index is 12.4. The molecule has 1 aromatic heterocycles. The topological polar surface area (TPSA) is 90.2 Å². The van der Waals surface area contributed by atoms with Crippen LogP contribution in [0.1, 0.15) is 23.4 Å². The molecule has 0 radical (unpaired) electrons. The predicted molar refractivity (Wildman–Crippen MR) is 117 cm³/mol. The number of furan rings is 1. The highest BCUT2D eigenvalue weighted by molar-refractivity contribution is 6.30. The van der Waals surface area contributed by atoms with Gasteiger partial charge in [-0.05, 0) is 42.8 Å². The van der Waals surface area contributed by atoms with Crippen molar-refractivity contribution >= 4 is 35.1 Å². The molecule has 9 heteroatoms. The molecule has 30 heavy (non-hydrogen) atoms. The zero-order chi connectivity index (χ0) is 21.3. The molecule has 8 nitrogen and oxygen atoms in total. The van der Waals surface area contributed by atoms with Crippen molar-refractivity contribution in [2.24, 2.45) is 4.99 Å². The van der Waals surface area contributed by atoms with E-state index in [1.165, 1.54) is 6.26 Å². The van der Waals surface area contributed by atoms with Crippen LogP contribution in [0.2, 0.25) is 5.02 Å². The number of hydrogen-bond acceptors (Lipinski definition) is 4. The molecule has 0 atom stereocenters. The van der Waals surface area contributed by atoms with Gasteiger partial charge >= 0.3 is 0 Å². The fourth-order valence-corrected chi connectivity index (χ4v) is 3.34. The number of nitrogens with one attached hydrogen (secondary N) is 2. The molecule has 0 saturated carbocycles. The molecule has 1 fully saturated rings. The van der Waals surface area contributed by atoms with Crippen LogP contribution in [0.3, 0.4) is 0 Å². The van der Waals surface area contributed by atoms with Crippen LogP contribution in [0, 0.1) is 0 Å². The molecule has 0 bridgehead atoms. The van der Waals surface area contributed by atoms with Crippen molar-refractivity contribution in [3.8, 4) is 0 Å². The van der Waals surface area contributed by atoms with Crippen LogP contribution in [-0.2, 0) is 4.79 Å². The van der Waals surface area contributed by atoms with E-state index in [1.54, 1.807) is 48.3 Å². The van der Waals surface area contributed by atoms with Gasteiger partial charge < -0.3 is 24.9 Å². The van der Waals surface area contributed by atoms with Gasteiger partial charge in [0.2, 0.25) is 5.91 Å². The van der Waals surface area contributed by atoms with E-state index in [9.17, 15) is 9.59 Å². The largest absolute Gasteiger partial charge is 0.459 e. The number of hydrogen-bond donors (Lipinski definition) is 2. The number of amides is 2. The smallest absolute Gasteiger partial charge is 0.289 e. The summed E-state index contributed by atoms with van der Waals surface area (Å²) in [6.07, 6.45) is 2.58. The van der Waals surface area contributed by atoms with E-state index >= 15 is 0 Å². The molecular formula is C21H26ClN5O3. The van der Waals surface area contributed by atoms with E-state index in [0.717, 1.165) is 11.6 Å². The third-order valence-electron chi connectivity index (χ3n) is 4.80. The Hall–Kier alpha value is -3.00.